The average Bonchev–Trinajstić information content (AvgIpc) is 2.75. The third kappa shape index (κ3) is 3.73. The van der Waals surface area contributed by atoms with E-state index in [1.165, 1.54) is 23.8 Å². The second-order valence-corrected chi connectivity index (χ2v) is 9.02. The van der Waals surface area contributed by atoms with Gasteiger partial charge in [0.1, 0.15) is 18.1 Å². The number of hydrogen-bond donors (Lipinski definition) is 1. The molecule has 4 rings (SSSR count). The van der Waals surface area contributed by atoms with Crippen LogP contribution in [0.5, 0.6) is 5.75 Å². The Kier molecular flexibility index (Phi) is 5.86. The number of hydrogen-bond acceptors (Lipinski definition) is 5. The third-order valence-electron chi connectivity index (χ3n) is 7.56. The molecule has 6 heteroatoms. The second-order valence-electron chi connectivity index (χ2n) is 9.02. The van der Waals surface area contributed by atoms with Crippen LogP contribution in [-0.4, -0.2) is 37.2 Å². The fourth-order valence-corrected chi connectivity index (χ4v) is 6.02. The van der Waals surface area contributed by atoms with Crippen LogP contribution in [0.25, 0.3) is 0 Å². The SMILES string of the molecule is C=C1CCC2C3COCOC3CCC2(C)C1CCOc1cc(C#N)ccc1C(=O)O. The van der Waals surface area contributed by atoms with Gasteiger partial charge in [-0.1, -0.05) is 19.1 Å². The molecule has 6 nitrogen and oxygen atoms in total. The van der Waals surface area contributed by atoms with Crippen molar-refractivity contribution < 1.29 is 24.1 Å². The molecule has 3 fully saturated rings. The van der Waals surface area contributed by atoms with Crippen LogP contribution >= 0.6 is 0 Å². The lowest BCUT2D eigenvalue weighted by atomic mass is 9.50. The van der Waals surface area contributed by atoms with Gasteiger partial charge in [0.05, 0.1) is 31.0 Å². The fraction of sp³-hybridized carbons (Fsp3) is 0.583. The number of nitriles is 1. The molecule has 2 aliphatic carbocycles. The van der Waals surface area contributed by atoms with Crippen LogP contribution in [0.3, 0.4) is 0 Å². The molecule has 1 N–H and O–H groups in total. The Hall–Kier alpha value is -2.36. The van der Waals surface area contributed by atoms with Crippen LogP contribution in [0.1, 0.15) is 54.9 Å². The summed E-state index contributed by atoms with van der Waals surface area (Å²) in [6.07, 6.45) is 5.32. The highest BCUT2D eigenvalue weighted by atomic mass is 16.7. The van der Waals surface area contributed by atoms with E-state index in [0.717, 1.165) is 38.7 Å². The first-order valence-corrected chi connectivity index (χ1v) is 10.7. The second kappa shape index (κ2) is 8.41. The monoisotopic (exact) mass is 411 g/mol. The molecule has 160 valence electrons. The molecular formula is C24H29NO5. The van der Waals surface area contributed by atoms with Gasteiger partial charge in [-0.05, 0) is 67.6 Å². The first-order valence-electron chi connectivity index (χ1n) is 10.7. The maximum absolute atomic E-state index is 11.5. The van der Waals surface area contributed by atoms with Gasteiger partial charge in [-0.15, -0.1) is 0 Å². The number of benzene rings is 1. The molecule has 0 radical (unpaired) electrons. The molecule has 30 heavy (non-hydrogen) atoms. The van der Waals surface area contributed by atoms with Crippen molar-refractivity contribution in [3.05, 3.63) is 41.5 Å². The van der Waals surface area contributed by atoms with Crippen molar-refractivity contribution in [2.24, 2.45) is 23.2 Å². The Labute approximate surface area is 177 Å². The molecule has 5 atom stereocenters. The Morgan fingerprint density at radius 1 is 1.43 bits per heavy atom. The highest BCUT2D eigenvalue weighted by Crippen LogP contribution is 2.58. The van der Waals surface area contributed by atoms with E-state index in [1.54, 1.807) is 0 Å². The summed E-state index contributed by atoms with van der Waals surface area (Å²) >= 11 is 0. The van der Waals surface area contributed by atoms with Crippen LogP contribution in [0, 0.1) is 34.5 Å². The van der Waals surface area contributed by atoms with Gasteiger partial charge in [0, 0.05) is 5.92 Å². The standard InChI is InChI=1S/C24H29NO5/c1-15-3-6-20-18-13-28-14-30-21(18)7-9-24(20,2)19(15)8-10-29-22-11-16(12-25)4-5-17(22)23(26)27/h4-5,11,18-21H,1,3,6-10,13-14H2,2H3,(H,26,27). The summed E-state index contributed by atoms with van der Waals surface area (Å²) in [4.78, 5) is 11.5. The summed E-state index contributed by atoms with van der Waals surface area (Å²) in [5, 5.41) is 18.6. The Balaban J connectivity index is 1.48. The summed E-state index contributed by atoms with van der Waals surface area (Å²) in [6, 6.07) is 6.47. The third-order valence-corrected chi connectivity index (χ3v) is 7.56. The first-order chi connectivity index (χ1) is 14.4. The minimum absolute atomic E-state index is 0.0811. The van der Waals surface area contributed by atoms with E-state index in [2.05, 4.69) is 13.5 Å². The lowest BCUT2D eigenvalue weighted by molar-refractivity contribution is -0.218. The molecule has 1 heterocycles. The van der Waals surface area contributed by atoms with Crippen LogP contribution in [0.2, 0.25) is 0 Å². The number of nitrogens with zero attached hydrogens (tertiary/aromatic N) is 1. The Morgan fingerprint density at radius 2 is 2.27 bits per heavy atom. The molecule has 1 aromatic rings. The van der Waals surface area contributed by atoms with Gasteiger partial charge in [0.2, 0.25) is 0 Å². The van der Waals surface area contributed by atoms with Gasteiger partial charge in [-0.25, -0.2) is 4.79 Å². The van der Waals surface area contributed by atoms with Crippen molar-refractivity contribution in [1.29, 1.82) is 5.26 Å². The van der Waals surface area contributed by atoms with E-state index < -0.39 is 5.97 Å². The van der Waals surface area contributed by atoms with E-state index in [4.69, 9.17) is 19.5 Å². The Morgan fingerprint density at radius 3 is 3.03 bits per heavy atom. The zero-order valence-electron chi connectivity index (χ0n) is 17.4. The lowest BCUT2D eigenvalue weighted by Gasteiger charge is -2.57. The number of carboxylic acid groups (broad SMARTS) is 1. The number of rotatable bonds is 5. The van der Waals surface area contributed by atoms with Crippen LogP contribution in [-0.2, 0) is 9.47 Å². The quantitative estimate of drug-likeness (QED) is 0.723. The topological polar surface area (TPSA) is 88.8 Å². The van der Waals surface area contributed by atoms with Crippen molar-refractivity contribution in [2.75, 3.05) is 20.0 Å². The summed E-state index contributed by atoms with van der Waals surface area (Å²) < 4.78 is 17.4. The summed E-state index contributed by atoms with van der Waals surface area (Å²) in [5.41, 5.74) is 1.85. The molecule has 0 amide bonds. The van der Waals surface area contributed by atoms with Crippen molar-refractivity contribution >= 4 is 5.97 Å². The fourth-order valence-electron chi connectivity index (χ4n) is 6.02. The van der Waals surface area contributed by atoms with Gasteiger partial charge in [0.15, 0.2) is 0 Å². The summed E-state index contributed by atoms with van der Waals surface area (Å²) in [5.74, 6) is 0.469. The molecule has 0 aromatic heterocycles. The van der Waals surface area contributed by atoms with Gasteiger partial charge >= 0.3 is 5.97 Å². The van der Waals surface area contributed by atoms with E-state index in [0.29, 0.717) is 42.8 Å². The van der Waals surface area contributed by atoms with Crippen LogP contribution in [0.15, 0.2) is 30.4 Å². The molecule has 1 saturated heterocycles. The van der Waals surface area contributed by atoms with E-state index in [9.17, 15) is 9.90 Å². The Bertz CT molecular complexity index is 875. The van der Waals surface area contributed by atoms with Crippen molar-refractivity contribution in [3.63, 3.8) is 0 Å². The smallest absolute Gasteiger partial charge is 0.339 e. The molecule has 0 spiro atoms. The predicted octanol–water partition coefficient (Wildman–Crippen LogP) is 4.40. The minimum atomic E-state index is -1.06. The highest BCUT2D eigenvalue weighted by Gasteiger charge is 2.53. The zero-order chi connectivity index (χ0) is 21.3. The molecule has 3 aliphatic rings. The van der Waals surface area contributed by atoms with E-state index in [-0.39, 0.29) is 16.7 Å². The molecule has 1 aliphatic heterocycles. The first kappa shape index (κ1) is 20.9. The summed E-state index contributed by atoms with van der Waals surface area (Å²) in [6.45, 7) is 8.31. The van der Waals surface area contributed by atoms with Crippen molar-refractivity contribution in [2.45, 2.75) is 45.1 Å². The van der Waals surface area contributed by atoms with Gasteiger partial charge in [-0.2, -0.15) is 5.26 Å². The number of ether oxygens (including phenoxy) is 3. The highest BCUT2D eigenvalue weighted by molar-refractivity contribution is 5.91. The van der Waals surface area contributed by atoms with Gasteiger partial charge in [-0.3, -0.25) is 0 Å². The number of carbonyl (C=O) groups is 1. The zero-order valence-corrected chi connectivity index (χ0v) is 17.4. The summed E-state index contributed by atoms with van der Waals surface area (Å²) in [7, 11) is 0. The molecule has 5 unspecified atom stereocenters. The lowest BCUT2D eigenvalue weighted by Crippen LogP contribution is -2.54. The maximum atomic E-state index is 11.5. The van der Waals surface area contributed by atoms with Crippen molar-refractivity contribution in [1.82, 2.24) is 0 Å². The normalized spacial score (nSPS) is 33.1. The number of fused-ring (bicyclic) bond motifs is 3. The number of aromatic carboxylic acids is 1. The average molecular weight is 411 g/mol. The molecular weight excluding hydrogens is 382 g/mol. The van der Waals surface area contributed by atoms with E-state index >= 15 is 0 Å². The molecule has 2 saturated carbocycles. The largest absolute Gasteiger partial charge is 0.493 e. The van der Waals surface area contributed by atoms with E-state index in [1.807, 2.05) is 6.07 Å². The van der Waals surface area contributed by atoms with Crippen molar-refractivity contribution in [3.8, 4) is 11.8 Å². The van der Waals surface area contributed by atoms with Crippen LogP contribution in [0.4, 0.5) is 0 Å². The predicted molar refractivity (Wildman–Crippen MR) is 110 cm³/mol. The number of allylic oxidation sites excluding steroid dienone is 1. The van der Waals surface area contributed by atoms with Gasteiger partial charge < -0.3 is 19.3 Å². The molecule has 1 aromatic carbocycles. The number of carboxylic acids is 1. The maximum Gasteiger partial charge on any atom is 0.339 e. The molecule has 0 bridgehead atoms. The minimum Gasteiger partial charge on any atom is -0.493 e. The van der Waals surface area contributed by atoms with Gasteiger partial charge in [0.25, 0.3) is 0 Å². The van der Waals surface area contributed by atoms with Crippen LogP contribution < -0.4 is 4.74 Å².